The Balaban J connectivity index is 1.73. The predicted octanol–water partition coefficient (Wildman–Crippen LogP) is 3.09. The van der Waals surface area contributed by atoms with Crippen LogP contribution in [0.4, 0.5) is 0 Å². The Hall–Kier alpha value is -2.66. The van der Waals surface area contributed by atoms with Crippen LogP contribution in [0.1, 0.15) is 29.9 Å². The molecule has 3 aromatic heterocycles. The molecule has 0 spiro atoms. The number of hydrogen-bond acceptors (Lipinski definition) is 5. The summed E-state index contributed by atoms with van der Waals surface area (Å²) in [7, 11) is 0. The van der Waals surface area contributed by atoms with Crippen LogP contribution in [0.5, 0.6) is 0 Å². The normalized spacial score (nSPS) is 12.1. The van der Waals surface area contributed by atoms with Crippen LogP contribution in [-0.4, -0.2) is 19.9 Å². The Morgan fingerprint density at radius 3 is 2.57 bits per heavy atom. The summed E-state index contributed by atoms with van der Waals surface area (Å²) in [6, 6.07) is 9.91. The fourth-order valence-corrected chi connectivity index (χ4v) is 2.41. The van der Waals surface area contributed by atoms with Crippen molar-refractivity contribution in [1.29, 1.82) is 0 Å². The molecular weight excluding hydrogens is 286 g/mol. The van der Waals surface area contributed by atoms with Crippen molar-refractivity contribution in [2.45, 2.75) is 26.4 Å². The Labute approximate surface area is 135 Å². The molecule has 0 aliphatic rings. The number of hydrogen-bond donors (Lipinski definition) is 1. The zero-order valence-corrected chi connectivity index (χ0v) is 13.3. The first kappa shape index (κ1) is 15.2. The lowest BCUT2D eigenvalue weighted by Crippen LogP contribution is -2.20. The third-order valence-electron chi connectivity index (χ3n) is 3.74. The van der Waals surface area contributed by atoms with Gasteiger partial charge in [0.1, 0.15) is 0 Å². The lowest BCUT2D eigenvalue weighted by molar-refractivity contribution is 0.561. The monoisotopic (exact) mass is 305 g/mol. The molecule has 116 valence electrons. The molecule has 1 atom stereocenters. The van der Waals surface area contributed by atoms with Gasteiger partial charge in [-0.05, 0) is 38.1 Å². The maximum Gasteiger partial charge on any atom is 0.159 e. The first-order chi connectivity index (χ1) is 11.2. The van der Waals surface area contributed by atoms with E-state index in [1.54, 1.807) is 18.6 Å². The van der Waals surface area contributed by atoms with E-state index in [0.29, 0.717) is 6.54 Å². The first-order valence-electron chi connectivity index (χ1n) is 7.61. The number of nitrogens with one attached hydrogen (secondary N) is 1. The van der Waals surface area contributed by atoms with Gasteiger partial charge in [0.2, 0.25) is 0 Å². The van der Waals surface area contributed by atoms with Crippen molar-refractivity contribution in [2.24, 2.45) is 0 Å². The van der Waals surface area contributed by atoms with Gasteiger partial charge in [-0.15, -0.1) is 0 Å². The van der Waals surface area contributed by atoms with E-state index in [2.05, 4.69) is 32.2 Å². The maximum absolute atomic E-state index is 4.62. The third kappa shape index (κ3) is 3.76. The Kier molecular flexibility index (Phi) is 4.68. The summed E-state index contributed by atoms with van der Waals surface area (Å²) < 4.78 is 0. The summed E-state index contributed by atoms with van der Waals surface area (Å²) >= 11 is 0. The molecule has 0 saturated heterocycles. The average molecular weight is 305 g/mol. The molecule has 0 aliphatic carbocycles. The van der Waals surface area contributed by atoms with Gasteiger partial charge in [0.25, 0.3) is 0 Å². The average Bonchev–Trinajstić information content (AvgIpc) is 2.61. The molecule has 0 saturated carbocycles. The van der Waals surface area contributed by atoms with Crippen LogP contribution in [0, 0.1) is 6.92 Å². The molecule has 23 heavy (non-hydrogen) atoms. The lowest BCUT2D eigenvalue weighted by atomic mass is 10.1. The highest BCUT2D eigenvalue weighted by molar-refractivity contribution is 5.53. The SMILES string of the molecule is Cc1nc(-c2ccncc2)ncc1[C@H](C)NCc1ccccn1. The zero-order chi connectivity index (χ0) is 16.1. The predicted molar refractivity (Wildman–Crippen MR) is 89.5 cm³/mol. The number of aryl methyl sites for hydroxylation is 1. The topological polar surface area (TPSA) is 63.6 Å². The van der Waals surface area contributed by atoms with Crippen LogP contribution in [0.25, 0.3) is 11.4 Å². The minimum absolute atomic E-state index is 0.156. The van der Waals surface area contributed by atoms with Gasteiger partial charge in [0.15, 0.2) is 5.82 Å². The van der Waals surface area contributed by atoms with E-state index >= 15 is 0 Å². The largest absolute Gasteiger partial charge is 0.304 e. The molecule has 5 nitrogen and oxygen atoms in total. The van der Waals surface area contributed by atoms with Gasteiger partial charge in [-0.2, -0.15) is 0 Å². The van der Waals surface area contributed by atoms with E-state index in [9.17, 15) is 0 Å². The van der Waals surface area contributed by atoms with Gasteiger partial charge in [0, 0.05) is 54.2 Å². The molecule has 0 fully saturated rings. The summed E-state index contributed by atoms with van der Waals surface area (Å²) in [4.78, 5) is 17.5. The molecule has 0 aliphatic heterocycles. The standard InChI is InChI=1S/C18H19N5/c1-13(21-11-16-5-3-4-8-20-16)17-12-22-18(23-14(17)2)15-6-9-19-10-7-15/h3-10,12-13,21H,11H2,1-2H3/t13-/m0/s1. The van der Waals surface area contributed by atoms with Crippen molar-refractivity contribution in [3.05, 3.63) is 72.1 Å². The van der Waals surface area contributed by atoms with Crippen molar-refractivity contribution in [2.75, 3.05) is 0 Å². The number of pyridine rings is 2. The number of rotatable bonds is 5. The molecule has 0 amide bonds. The highest BCUT2D eigenvalue weighted by atomic mass is 14.9. The van der Waals surface area contributed by atoms with Crippen LogP contribution in [0.3, 0.4) is 0 Å². The zero-order valence-electron chi connectivity index (χ0n) is 13.3. The van der Waals surface area contributed by atoms with Crippen molar-refractivity contribution in [3.8, 4) is 11.4 Å². The Morgan fingerprint density at radius 2 is 1.87 bits per heavy atom. The molecule has 0 radical (unpaired) electrons. The smallest absolute Gasteiger partial charge is 0.159 e. The summed E-state index contributed by atoms with van der Waals surface area (Å²) in [6.07, 6.45) is 7.20. The number of aromatic nitrogens is 4. The van der Waals surface area contributed by atoms with Crippen LogP contribution in [0.15, 0.2) is 55.1 Å². The second kappa shape index (κ2) is 7.07. The summed E-state index contributed by atoms with van der Waals surface area (Å²) in [5, 5.41) is 3.46. The van der Waals surface area contributed by atoms with Crippen LogP contribution < -0.4 is 5.32 Å². The van der Waals surface area contributed by atoms with Crippen LogP contribution >= 0.6 is 0 Å². The van der Waals surface area contributed by atoms with Crippen molar-refractivity contribution in [1.82, 2.24) is 25.3 Å². The summed E-state index contributed by atoms with van der Waals surface area (Å²) in [5.74, 6) is 0.727. The van der Waals surface area contributed by atoms with Crippen LogP contribution in [0.2, 0.25) is 0 Å². The molecule has 3 aromatic rings. The Bertz CT molecular complexity index is 759. The van der Waals surface area contributed by atoms with E-state index < -0.39 is 0 Å². The minimum Gasteiger partial charge on any atom is -0.304 e. The summed E-state index contributed by atoms with van der Waals surface area (Å²) in [6.45, 7) is 4.84. The molecule has 0 aromatic carbocycles. The van der Waals surface area contributed by atoms with Gasteiger partial charge < -0.3 is 5.32 Å². The van der Waals surface area contributed by atoms with E-state index in [0.717, 1.165) is 28.3 Å². The van der Waals surface area contributed by atoms with Crippen molar-refractivity contribution in [3.63, 3.8) is 0 Å². The number of nitrogens with zero attached hydrogens (tertiary/aromatic N) is 4. The van der Waals surface area contributed by atoms with E-state index in [1.165, 1.54) is 0 Å². The highest BCUT2D eigenvalue weighted by Crippen LogP contribution is 2.19. The fourth-order valence-electron chi connectivity index (χ4n) is 2.41. The van der Waals surface area contributed by atoms with Gasteiger partial charge in [-0.1, -0.05) is 6.07 Å². The minimum atomic E-state index is 0.156. The van der Waals surface area contributed by atoms with E-state index in [-0.39, 0.29) is 6.04 Å². The maximum atomic E-state index is 4.62. The molecule has 1 N–H and O–H groups in total. The quantitative estimate of drug-likeness (QED) is 0.784. The molecule has 0 unspecified atom stereocenters. The molecule has 3 rings (SSSR count). The molecule has 3 heterocycles. The summed E-state index contributed by atoms with van der Waals surface area (Å²) in [5.41, 5.74) is 4.07. The van der Waals surface area contributed by atoms with Crippen molar-refractivity contribution >= 4 is 0 Å². The Morgan fingerprint density at radius 1 is 1.04 bits per heavy atom. The van der Waals surface area contributed by atoms with Gasteiger partial charge in [0.05, 0.1) is 5.69 Å². The first-order valence-corrected chi connectivity index (χ1v) is 7.61. The van der Waals surface area contributed by atoms with Gasteiger partial charge in [-0.25, -0.2) is 9.97 Å². The fraction of sp³-hybridized carbons (Fsp3) is 0.222. The molecule has 5 heteroatoms. The second-order valence-electron chi connectivity index (χ2n) is 5.39. The van der Waals surface area contributed by atoms with Crippen LogP contribution in [-0.2, 0) is 6.54 Å². The third-order valence-corrected chi connectivity index (χ3v) is 3.74. The second-order valence-corrected chi connectivity index (χ2v) is 5.39. The lowest BCUT2D eigenvalue weighted by Gasteiger charge is -2.16. The highest BCUT2D eigenvalue weighted by Gasteiger charge is 2.11. The van der Waals surface area contributed by atoms with E-state index in [4.69, 9.17) is 0 Å². The van der Waals surface area contributed by atoms with Crippen molar-refractivity contribution < 1.29 is 0 Å². The molecular formula is C18H19N5. The van der Waals surface area contributed by atoms with E-state index in [1.807, 2.05) is 43.5 Å². The van der Waals surface area contributed by atoms with Gasteiger partial charge >= 0.3 is 0 Å². The van der Waals surface area contributed by atoms with Gasteiger partial charge in [-0.3, -0.25) is 9.97 Å². The molecule has 0 bridgehead atoms.